The van der Waals surface area contributed by atoms with Gasteiger partial charge in [0.2, 0.25) is 0 Å². The maximum absolute atomic E-state index is 12.1. The first-order valence-electron chi connectivity index (χ1n) is 9.62. The maximum atomic E-state index is 12.1. The topological polar surface area (TPSA) is 17.1 Å². The van der Waals surface area contributed by atoms with Gasteiger partial charge in [-0.15, -0.1) is 0 Å². The lowest BCUT2D eigenvalue weighted by Gasteiger charge is -2.59. The predicted octanol–water partition coefficient (Wildman–Crippen LogP) is 5.40. The van der Waals surface area contributed by atoms with Crippen molar-refractivity contribution in [1.29, 1.82) is 0 Å². The van der Waals surface area contributed by atoms with Crippen molar-refractivity contribution < 1.29 is 4.79 Å². The molecule has 0 heterocycles. The quantitative estimate of drug-likeness (QED) is 0.592. The summed E-state index contributed by atoms with van der Waals surface area (Å²) in [4.78, 5) is 12.1. The van der Waals surface area contributed by atoms with Crippen LogP contribution < -0.4 is 0 Å². The van der Waals surface area contributed by atoms with E-state index in [0.717, 1.165) is 23.7 Å². The van der Waals surface area contributed by atoms with Gasteiger partial charge in [0.25, 0.3) is 0 Å². The van der Waals surface area contributed by atoms with Crippen LogP contribution in [-0.4, -0.2) is 5.78 Å². The summed E-state index contributed by atoms with van der Waals surface area (Å²) in [5.41, 5.74) is 0.869. The summed E-state index contributed by atoms with van der Waals surface area (Å²) < 4.78 is 0. The van der Waals surface area contributed by atoms with Gasteiger partial charge in [0.05, 0.1) is 0 Å². The Morgan fingerprint density at radius 2 is 1.73 bits per heavy atom. The van der Waals surface area contributed by atoms with Crippen LogP contribution in [0.5, 0.6) is 0 Å². The third-order valence-electron chi connectivity index (χ3n) is 8.70. The van der Waals surface area contributed by atoms with Crippen molar-refractivity contribution >= 4 is 5.78 Å². The van der Waals surface area contributed by atoms with E-state index in [1.165, 1.54) is 51.4 Å². The molecule has 7 atom stereocenters. The van der Waals surface area contributed by atoms with Crippen LogP contribution in [0, 0.1) is 40.4 Å². The van der Waals surface area contributed by atoms with Gasteiger partial charge in [-0.05, 0) is 92.8 Å². The van der Waals surface area contributed by atoms with Gasteiger partial charge in [0, 0.05) is 5.92 Å². The van der Waals surface area contributed by atoms with Gasteiger partial charge < -0.3 is 0 Å². The van der Waals surface area contributed by atoms with Crippen molar-refractivity contribution in [3.8, 4) is 0 Å². The molecule has 1 heteroatoms. The standard InChI is InChI=1S/C21H32O/c1-14(22)17-9-10-18-16-8-7-15-6-4-5-12-20(15,2)19(16)11-13-21(17,18)3/h4-5,15-19H,6-13H2,1-3H3/t15?,16-,17+,18?,19?,20?,21+/m0/s1. The SMILES string of the molecule is CC(=O)[C@H]1CCC2[C@@H]3CCC4CC=CCC4(C)C3CC[C@@]21C. The molecule has 0 bridgehead atoms. The van der Waals surface area contributed by atoms with E-state index < -0.39 is 0 Å². The number of ketones is 1. The minimum atomic E-state index is 0.320. The lowest BCUT2D eigenvalue weighted by Crippen LogP contribution is -2.52. The minimum absolute atomic E-state index is 0.320. The highest BCUT2D eigenvalue weighted by atomic mass is 16.1. The van der Waals surface area contributed by atoms with Crippen LogP contribution >= 0.6 is 0 Å². The number of carbonyl (C=O) groups is 1. The molecule has 4 aliphatic carbocycles. The summed E-state index contributed by atoms with van der Waals surface area (Å²) >= 11 is 0. The summed E-state index contributed by atoms with van der Waals surface area (Å²) in [7, 11) is 0. The molecule has 4 aliphatic rings. The summed E-state index contributed by atoms with van der Waals surface area (Å²) in [5.74, 6) is 4.38. The Labute approximate surface area is 135 Å². The molecule has 0 radical (unpaired) electrons. The van der Waals surface area contributed by atoms with Crippen molar-refractivity contribution in [2.75, 3.05) is 0 Å². The Bertz CT molecular complexity index is 506. The number of Topliss-reactive ketones (excluding diaryl/α,β-unsaturated/α-hetero) is 1. The van der Waals surface area contributed by atoms with Crippen molar-refractivity contribution in [3.05, 3.63) is 12.2 Å². The summed E-state index contributed by atoms with van der Waals surface area (Å²) in [6.07, 6.45) is 15.5. The van der Waals surface area contributed by atoms with Gasteiger partial charge in [0.1, 0.15) is 5.78 Å². The number of allylic oxidation sites excluding steroid dienone is 2. The van der Waals surface area contributed by atoms with Crippen LogP contribution in [0.25, 0.3) is 0 Å². The molecular weight excluding hydrogens is 268 g/mol. The zero-order chi connectivity index (χ0) is 15.5. The fourth-order valence-electron chi connectivity index (χ4n) is 7.51. The Kier molecular flexibility index (Phi) is 3.37. The van der Waals surface area contributed by atoms with Crippen LogP contribution in [-0.2, 0) is 4.79 Å². The van der Waals surface area contributed by atoms with E-state index in [1.54, 1.807) is 0 Å². The molecule has 0 saturated heterocycles. The second kappa shape index (κ2) is 4.95. The van der Waals surface area contributed by atoms with Crippen LogP contribution in [0.2, 0.25) is 0 Å². The summed E-state index contributed by atoms with van der Waals surface area (Å²) in [5, 5.41) is 0. The highest BCUT2D eigenvalue weighted by molar-refractivity contribution is 5.79. The lowest BCUT2D eigenvalue weighted by atomic mass is 9.45. The number of carbonyl (C=O) groups excluding carboxylic acids is 1. The monoisotopic (exact) mass is 300 g/mol. The molecule has 1 nitrogen and oxygen atoms in total. The van der Waals surface area contributed by atoms with E-state index in [4.69, 9.17) is 0 Å². The molecule has 0 aromatic carbocycles. The zero-order valence-electron chi connectivity index (χ0n) is 14.6. The van der Waals surface area contributed by atoms with E-state index in [0.29, 0.717) is 22.5 Å². The fourth-order valence-corrected chi connectivity index (χ4v) is 7.51. The van der Waals surface area contributed by atoms with E-state index in [9.17, 15) is 4.79 Å². The molecule has 0 aromatic rings. The molecule has 0 aliphatic heterocycles. The lowest BCUT2D eigenvalue weighted by molar-refractivity contribution is -0.131. The third-order valence-corrected chi connectivity index (χ3v) is 8.70. The van der Waals surface area contributed by atoms with Crippen LogP contribution in [0.3, 0.4) is 0 Å². The van der Waals surface area contributed by atoms with E-state index >= 15 is 0 Å². The molecule has 4 unspecified atom stereocenters. The highest BCUT2D eigenvalue weighted by Crippen LogP contribution is 2.66. The molecule has 0 aromatic heterocycles. The molecule has 122 valence electrons. The first kappa shape index (κ1) is 15.0. The number of hydrogen-bond donors (Lipinski definition) is 0. The van der Waals surface area contributed by atoms with Crippen LogP contribution in [0.4, 0.5) is 0 Å². The van der Waals surface area contributed by atoms with Crippen molar-refractivity contribution in [2.24, 2.45) is 40.4 Å². The van der Waals surface area contributed by atoms with Gasteiger partial charge in [0.15, 0.2) is 0 Å². The van der Waals surface area contributed by atoms with Crippen LogP contribution in [0.1, 0.15) is 72.1 Å². The van der Waals surface area contributed by atoms with E-state index in [2.05, 4.69) is 26.0 Å². The molecule has 3 fully saturated rings. The molecule has 4 rings (SSSR count). The molecule has 0 amide bonds. The summed E-state index contributed by atoms with van der Waals surface area (Å²) in [6, 6.07) is 0. The average Bonchev–Trinajstić information content (AvgIpc) is 2.84. The van der Waals surface area contributed by atoms with Crippen molar-refractivity contribution in [1.82, 2.24) is 0 Å². The molecule has 0 spiro atoms. The summed E-state index contributed by atoms with van der Waals surface area (Å²) in [6.45, 7) is 6.90. The Hall–Kier alpha value is -0.590. The second-order valence-corrected chi connectivity index (χ2v) is 9.35. The maximum Gasteiger partial charge on any atom is 0.133 e. The first-order chi connectivity index (χ1) is 10.5. The predicted molar refractivity (Wildman–Crippen MR) is 90.4 cm³/mol. The molecule has 0 N–H and O–H groups in total. The van der Waals surface area contributed by atoms with Gasteiger partial charge in [-0.2, -0.15) is 0 Å². The zero-order valence-corrected chi connectivity index (χ0v) is 14.6. The van der Waals surface area contributed by atoms with Gasteiger partial charge in [-0.1, -0.05) is 26.0 Å². The number of fused-ring (bicyclic) bond motifs is 5. The third kappa shape index (κ3) is 1.86. The second-order valence-electron chi connectivity index (χ2n) is 9.35. The van der Waals surface area contributed by atoms with Crippen molar-refractivity contribution in [3.63, 3.8) is 0 Å². The van der Waals surface area contributed by atoms with Gasteiger partial charge >= 0.3 is 0 Å². The Morgan fingerprint density at radius 1 is 0.955 bits per heavy atom. The molecule has 3 saturated carbocycles. The highest BCUT2D eigenvalue weighted by Gasteiger charge is 2.59. The van der Waals surface area contributed by atoms with E-state index in [-0.39, 0.29) is 0 Å². The minimum Gasteiger partial charge on any atom is -0.300 e. The van der Waals surface area contributed by atoms with Crippen molar-refractivity contribution in [2.45, 2.75) is 72.1 Å². The Morgan fingerprint density at radius 3 is 2.50 bits per heavy atom. The fraction of sp³-hybridized carbons (Fsp3) is 0.857. The normalized spacial score (nSPS) is 53.5. The molecule has 22 heavy (non-hydrogen) atoms. The average molecular weight is 300 g/mol. The Balaban J connectivity index is 1.65. The van der Waals surface area contributed by atoms with E-state index in [1.807, 2.05) is 6.92 Å². The van der Waals surface area contributed by atoms with Gasteiger partial charge in [-0.3, -0.25) is 4.79 Å². The smallest absolute Gasteiger partial charge is 0.133 e. The number of rotatable bonds is 1. The van der Waals surface area contributed by atoms with Gasteiger partial charge in [-0.25, -0.2) is 0 Å². The first-order valence-corrected chi connectivity index (χ1v) is 9.62. The number of hydrogen-bond acceptors (Lipinski definition) is 1. The largest absolute Gasteiger partial charge is 0.300 e. The molecular formula is C21H32O. The van der Waals surface area contributed by atoms with Crippen LogP contribution in [0.15, 0.2) is 12.2 Å².